The van der Waals surface area contributed by atoms with Crippen LogP contribution in [-0.2, 0) is 19.2 Å². The summed E-state index contributed by atoms with van der Waals surface area (Å²) in [5.41, 5.74) is 1.50. The summed E-state index contributed by atoms with van der Waals surface area (Å²) in [5, 5.41) is 11.8. The van der Waals surface area contributed by atoms with Crippen LogP contribution in [0.5, 0.6) is 0 Å². The average molecular weight is 684 g/mol. The number of nitrogens with zero attached hydrogens (tertiary/aromatic N) is 5. The molecule has 0 radical (unpaired) electrons. The third-order valence-electron chi connectivity index (χ3n) is 7.62. The maximum Gasteiger partial charge on any atom is 0.328 e. The van der Waals surface area contributed by atoms with Crippen molar-refractivity contribution in [3.8, 4) is 33.9 Å². The van der Waals surface area contributed by atoms with Gasteiger partial charge in [0.15, 0.2) is 11.4 Å². The molecule has 0 saturated carbocycles. The van der Waals surface area contributed by atoms with Crippen molar-refractivity contribution in [1.82, 2.24) is 30.6 Å². The van der Waals surface area contributed by atoms with Crippen LogP contribution in [0.15, 0.2) is 30.1 Å². The number of rotatable bonds is 14. The normalized spacial score (nSPS) is 13.8. The van der Waals surface area contributed by atoms with Gasteiger partial charge in [-0.3, -0.25) is 9.59 Å². The maximum absolute atomic E-state index is 13.1. The molecule has 4 heterocycles. The molecule has 4 aromatic rings. The Labute approximate surface area is 281 Å². The van der Waals surface area contributed by atoms with Crippen LogP contribution in [0, 0.1) is 31.6 Å². The maximum atomic E-state index is 13.1. The van der Waals surface area contributed by atoms with Crippen LogP contribution in [0.2, 0.25) is 0 Å². The van der Waals surface area contributed by atoms with E-state index in [1.807, 2.05) is 41.5 Å². The van der Waals surface area contributed by atoms with Gasteiger partial charge in [-0.15, -0.1) is 11.3 Å². The van der Waals surface area contributed by atoms with E-state index in [4.69, 9.17) is 22.8 Å². The van der Waals surface area contributed by atoms with Crippen molar-refractivity contribution in [2.24, 2.45) is 22.9 Å². The highest BCUT2D eigenvalue weighted by Gasteiger charge is 2.31. The Kier molecular flexibility index (Phi) is 11.5. The first-order valence-corrected chi connectivity index (χ1v) is 16.3. The van der Waals surface area contributed by atoms with E-state index in [1.54, 1.807) is 19.2 Å². The fourth-order valence-corrected chi connectivity index (χ4v) is 5.50. The van der Waals surface area contributed by atoms with E-state index in [1.165, 1.54) is 31.8 Å². The predicted molar refractivity (Wildman–Crippen MR) is 176 cm³/mol. The quantitative estimate of drug-likeness (QED) is 0.0961. The topological polar surface area (TPSA) is 197 Å². The van der Waals surface area contributed by atoms with Crippen molar-refractivity contribution >= 4 is 34.8 Å². The SMILES string of the molecule is CCC(C)C(NC(=O)c1nc(-c2csc(-c3nc(-c4coc(C(NC(=O)C(=NOC)C(C)C)C(C)C)n4)oc3C)n2)oc1C)C(=O)OC. The van der Waals surface area contributed by atoms with Crippen LogP contribution in [0.25, 0.3) is 33.9 Å². The van der Waals surface area contributed by atoms with Gasteiger partial charge in [-0.1, -0.05) is 53.1 Å². The number of carbonyl (C=O) groups excluding carboxylic acids is 3. The lowest BCUT2D eigenvalue weighted by atomic mass is 9.99. The first-order chi connectivity index (χ1) is 22.8. The van der Waals surface area contributed by atoms with Crippen LogP contribution in [-0.4, -0.2) is 63.7 Å². The van der Waals surface area contributed by atoms with Gasteiger partial charge in [0.05, 0.1) is 7.11 Å². The summed E-state index contributed by atoms with van der Waals surface area (Å²) in [6.45, 7) is 14.7. The zero-order valence-electron chi connectivity index (χ0n) is 28.7. The van der Waals surface area contributed by atoms with Gasteiger partial charge in [0.25, 0.3) is 11.8 Å². The van der Waals surface area contributed by atoms with E-state index in [2.05, 4.69) is 35.7 Å². The van der Waals surface area contributed by atoms with Crippen molar-refractivity contribution in [1.29, 1.82) is 0 Å². The van der Waals surface area contributed by atoms with Gasteiger partial charge < -0.3 is 33.5 Å². The van der Waals surface area contributed by atoms with E-state index in [9.17, 15) is 14.4 Å². The van der Waals surface area contributed by atoms with Crippen molar-refractivity contribution in [3.63, 3.8) is 0 Å². The zero-order chi connectivity index (χ0) is 35.3. The molecule has 48 heavy (non-hydrogen) atoms. The van der Waals surface area contributed by atoms with Crippen molar-refractivity contribution < 1.29 is 37.2 Å². The van der Waals surface area contributed by atoms with Gasteiger partial charge in [-0.2, -0.15) is 0 Å². The monoisotopic (exact) mass is 683 g/mol. The number of aromatic nitrogens is 4. The number of oxime groups is 1. The molecule has 0 aliphatic carbocycles. The molecule has 3 atom stereocenters. The van der Waals surface area contributed by atoms with Crippen LogP contribution >= 0.6 is 11.3 Å². The lowest BCUT2D eigenvalue weighted by molar-refractivity contribution is -0.144. The van der Waals surface area contributed by atoms with Crippen LogP contribution in [0.4, 0.5) is 0 Å². The van der Waals surface area contributed by atoms with Gasteiger partial charge in [-0.25, -0.2) is 24.7 Å². The molecular weight excluding hydrogens is 642 g/mol. The van der Waals surface area contributed by atoms with Crippen LogP contribution in [0.1, 0.15) is 81.9 Å². The number of esters is 1. The first kappa shape index (κ1) is 36.0. The molecule has 15 nitrogen and oxygen atoms in total. The Hall–Kier alpha value is -4.86. The van der Waals surface area contributed by atoms with Gasteiger partial charge in [0.1, 0.15) is 59.1 Å². The highest BCUT2D eigenvalue weighted by molar-refractivity contribution is 7.13. The highest BCUT2D eigenvalue weighted by Crippen LogP contribution is 2.34. The summed E-state index contributed by atoms with van der Waals surface area (Å²) < 4.78 is 22.4. The van der Waals surface area contributed by atoms with Crippen molar-refractivity contribution in [3.05, 3.63) is 34.7 Å². The molecule has 0 saturated heterocycles. The van der Waals surface area contributed by atoms with E-state index < -0.39 is 24.0 Å². The van der Waals surface area contributed by atoms with Gasteiger partial charge in [0, 0.05) is 11.3 Å². The number of oxazole rings is 3. The second-order valence-corrected chi connectivity index (χ2v) is 12.7. The lowest BCUT2D eigenvalue weighted by Gasteiger charge is -2.21. The van der Waals surface area contributed by atoms with Crippen LogP contribution in [0.3, 0.4) is 0 Å². The Morgan fingerprint density at radius 2 is 1.62 bits per heavy atom. The largest absolute Gasteiger partial charge is 0.467 e. The Morgan fingerprint density at radius 3 is 2.25 bits per heavy atom. The number of aryl methyl sites for hydroxylation is 2. The molecule has 0 aliphatic rings. The molecule has 0 aromatic carbocycles. The minimum atomic E-state index is -0.828. The zero-order valence-corrected chi connectivity index (χ0v) is 29.5. The minimum absolute atomic E-state index is 0.0424. The van der Waals surface area contributed by atoms with E-state index in [0.717, 1.165) is 0 Å². The standard InChI is InChI=1S/C32H41N7O8S/c1-11-16(6)23(32(42)43-9)36-27(41)24-17(7)46-29(37-24)20-13-48-31(34-20)25-18(8)47-28(38-25)19-12-45-30(33-19)22(15(4)5)35-26(40)21(14(2)3)39-44-10/h12-16,22-23H,11H2,1-10H3,(H,35,40)(H,36,41). The number of hydrogen-bond acceptors (Lipinski definition) is 14. The highest BCUT2D eigenvalue weighted by atomic mass is 32.1. The Morgan fingerprint density at radius 1 is 0.938 bits per heavy atom. The Balaban J connectivity index is 1.54. The summed E-state index contributed by atoms with van der Waals surface area (Å²) in [6, 6.07) is -1.38. The molecule has 0 fully saturated rings. The predicted octanol–water partition coefficient (Wildman–Crippen LogP) is 5.51. The molecule has 0 aliphatic heterocycles. The third-order valence-corrected chi connectivity index (χ3v) is 8.47. The average Bonchev–Trinajstić information content (AvgIpc) is 3.86. The summed E-state index contributed by atoms with van der Waals surface area (Å²) >= 11 is 1.29. The second kappa shape index (κ2) is 15.4. The molecule has 4 aromatic heterocycles. The number of carbonyl (C=O) groups is 3. The molecule has 16 heteroatoms. The third kappa shape index (κ3) is 7.81. The number of thiazole rings is 1. The fourth-order valence-electron chi connectivity index (χ4n) is 4.67. The van der Waals surface area contributed by atoms with E-state index >= 15 is 0 Å². The van der Waals surface area contributed by atoms with Crippen molar-refractivity contribution in [2.75, 3.05) is 14.2 Å². The number of hydrogen-bond donors (Lipinski definition) is 2. The minimum Gasteiger partial charge on any atom is -0.467 e. The smallest absolute Gasteiger partial charge is 0.328 e. The summed E-state index contributed by atoms with van der Waals surface area (Å²) in [4.78, 5) is 61.3. The number of ether oxygens (including phenoxy) is 1. The van der Waals surface area contributed by atoms with Gasteiger partial charge >= 0.3 is 5.97 Å². The Bertz CT molecular complexity index is 1780. The van der Waals surface area contributed by atoms with Crippen LogP contribution < -0.4 is 10.6 Å². The van der Waals surface area contributed by atoms with Gasteiger partial charge in [0.2, 0.25) is 17.7 Å². The molecular formula is C32H41N7O8S. The molecule has 3 unspecified atom stereocenters. The molecule has 2 N–H and O–H groups in total. The first-order valence-electron chi connectivity index (χ1n) is 15.5. The second-order valence-electron chi connectivity index (χ2n) is 11.8. The van der Waals surface area contributed by atoms with E-state index in [-0.39, 0.29) is 58.5 Å². The molecule has 258 valence electrons. The number of nitrogens with one attached hydrogen (secondary N) is 2. The van der Waals surface area contributed by atoms with Crippen molar-refractivity contribution in [2.45, 2.75) is 73.9 Å². The van der Waals surface area contributed by atoms with Gasteiger partial charge in [-0.05, 0) is 25.7 Å². The molecule has 0 bridgehead atoms. The summed E-state index contributed by atoms with van der Waals surface area (Å²) in [6.07, 6.45) is 2.08. The lowest BCUT2D eigenvalue weighted by Crippen LogP contribution is -2.45. The van der Waals surface area contributed by atoms with E-state index in [0.29, 0.717) is 34.3 Å². The summed E-state index contributed by atoms with van der Waals surface area (Å²) in [7, 11) is 2.67. The molecule has 4 rings (SSSR count). The fraction of sp³-hybridized carbons (Fsp3) is 0.500. The number of methoxy groups -OCH3 is 1. The summed E-state index contributed by atoms with van der Waals surface area (Å²) in [5.74, 6) is -0.457. The molecule has 0 spiro atoms. The number of amides is 2. The molecule has 2 amide bonds.